The molecular formula is C27H25FN6O2. The molecule has 5 rings (SSSR count). The number of allylic oxidation sites excluding steroid dienone is 1. The molecule has 36 heavy (non-hydrogen) atoms. The van der Waals surface area contributed by atoms with E-state index in [4.69, 9.17) is 4.74 Å². The van der Waals surface area contributed by atoms with E-state index in [-0.39, 0.29) is 11.7 Å². The Kier molecular flexibility index (Phi) is 6.20. The highest BCUT2D eigenvalue weighted by molar-refractivity contribution is 6.06. The number of rotatable bonds is 6. The molecule has 1 unspecified atom stereocenters. The first-order valence-electron chi connectivity index (χ1n) is 11.5. The quantitative estimate of drug-likeness (QED) is 0.403. The van der Waals surface area contributed by atoms with Crippen LogP contribution in [0.5, 0.6) is 5.75 Å². The topological polar surface area (TPSA) is 94.0 Å². The van der Waals surface area contributed by atoms with Crippen molar-refractivity contribution in [2.75, 3.05) is 10.6 Å². The zero-order chi connectivity index (χ0) is 25.2. The molecule has 182 valence electrons. The summed E-state index contributed by atoms with van der Waals surface area (Å²) in [6, 6.07) is 19.0. The van der Waals surface area contributed by atoms with Crippen LogP contribution in [0.25, 0.3) is 0 Å². The summed E-state index contributed by atoms with van der Waals surface area (Å²) in [7, 11) is 0. The Balaban J connectivity index is 1.41. The van der Waals surface area contributed by atoms with E-state index in [1.165, 1.54) is 12.1 Å². The van der Waals surface area contributed by atoms with Crippen LogP contribution in [-0.4, -0.2) is 26.1 Å². The van der Waals surface area contributed by atoms with Crippen LogP contribution in [0.4, 0.5) is 16.0 Å². The van der Waals surface area contributed by atoms with Crippen LogP contribution in [0.15, 0.2) is 78.0 Å². The fraction of sp³-hybridized carbons (Fsp3) is 0.185. The summed E-state index contributed by atoms with van der Waals surface area (Å²) in [4.78, 5) is 13.5. The summed E-state index contributed by atoms with van der Waals surface area (Å²) in [5.74, 6) is 0.579. The number of halogens is 1. The lowest BCUT2D eigenvalue weighted by molar-refractivity contribution is -0.113. The van der Waals surface area contributed by atoms with Gasteiger partial charge in [-0.15, -0.1) is 0 Å². The molecule has 0 bridgehead atoms. The minimum Gasteiger partial charge on any atom is -0.489 e. The van der Waals surface area contributed by atoms with E-state index in [2.05, 4.69) is 26.2 Å². The standard InChI is InChI=1S/C27H25FN6O2/c1-16-4-13-23(17(2)14-16)30-26(35)24-18(3)29-27-31-32-33-34(27)25(24)20-7-11-22(12-8-20)36-15-19-5-9-21(28)10-6-19/h4-14,25H,15H2,1-3H3,(H,30,35)(H,29,31,33). The number of anilines is 2. The number of nitrogens with one attached hydrogen (secondary N) is 2. The number of carbonyl (C=O) groups excluding carboxylic acids is 1. The number of aromatic nitrogens is 4. The van der Waals surface area contributed by atoms with Crippen LogP contribution in [0, 0.1) is 19.7 Å². The smallest absolute Gasteiger partial charge is 0.255 e. The summed E-state index contributed by atoms with van der Waals surface area (Å²) < 4.78 is 20.6. The zero-order valence-corrected chi connectivity index (χ0v) is 20.1. The van der Waals surface area contributed by atoms with Crippen molar-refractivity contribution in [2.24, 2.45) is 0 Å². The number of fused-ring (bicyclic) bond motifs is 1. The number of aryl methyl sites for hydroxylation is 2. The predicted molar refractivity (Wildman–Crippen MR) is 134 cm³/mol. The molecule has 0 saturated carbocycles. The van der Waals surface area contributed by atoms with Crippen molar-refractivity contribution in [2.45, 2.75) is 33.4 Å². The van der Waals surface area contributed by atoms with Crippen molar-refractivity contribution in [3.05, 3.63) is 106 Å². The fourth-order valence-corrected chi connectivity index (χ4v) is 4.25. The third-order valence-electron chi connectivity index (χ3n) is 6.10. The molecule has 1 aromatic heterocycles. The van der Waals surface area contributed by atoms with E-state index in [9.17, 15) is 9.18 Å². The highest BCUT2D eigenvalue weighted by atomic mass is 19.1. The third kappa shape index (κ3) is 4.68. The number of benzene rings is 3. The van der Waals surface area contributed by atoms with Gasteiger partial charge in [0.1, 0.15) is 24.2 Å². The molecule has 8 nitrogen and oxygen atoms in total. The van der Waals surface area contributed by atoms with Gasteiger partial charge in [0.15, 0.2) is 0 Å². The van der Waals surface area contributed by atoms with Crippen molar-refractivity contribution in [3.8, 4) is 5.75 Å². The van der Waals surface area contributed by atoms with Gasteiger partial charge >= 0.3 is 0 Å². The Bertz CT molecular complexity index is 1440. The van der Waals surface area contributed by atoms with Crippen LogP contribution in [0.1, 0.15) is 35.2 Å². The van der Waals surface area contributed by atoms with Gasteiger partial charge in [0.2, 0.25) is 5.95 Å². The van der Waals surface area contributed by atoms with E-state index >= 15 is 0 Å². The molecule has 9 heteroatoms. The van der Waals surface area contributed by atoms with Gasteiger partial charge in [0, 0.05) is 11.4 Å². The zero-order valence-electron chi connectivity index (χ0n) is 20.1. The highest BCUT2D eigenvalue weighted by Gasteiger charge is 2.34. The van der Waals surface area contributed by atoms with E-state index < -0.39 is 6.04 Å². The second-order valence-electron chi connectivity index (χ2n) is 8.77. The lowest BCUT2D eigenvalue weighted by Gasteiger charge is -2.28. The average molecular weight is 485 g/mol. The molecule has 1 aliphatic rings. The number of hydrogen-bond donors (Lipinski definition) is 2. The van der Waals surface area contributed by atoms with Gasteiger partial charge in [-0.2, -0.15) is 4.68 Å². The molecule has 2 N–H and O–H groups in total. The molecule has 0 saturated heterocycles. The largest absolute Gasteiger partial charge is 0.489 e. The highest BCUT2D eigenvalue weighted by Crippen LogP contribution is 2.35. The van der Waals surface area contributed by atoms with Crippen molar-refractivity contribution >= 4 is 17.5 Å². The van der Waals surface area contributed by atoms with Crippen LogP contribution >= 0.6 is 0 Å². The number of nitrogens with zero attached hydrogens (tertiary/aromatic N) is 4. The Morgan fingerprint density at radius 2 is 1.81 bits per heavy atom. The Hall–Kier alpha value is -4.53. The van der Waals surface area contributed by atoms with Crippen LogP contribution in [-0.2, 0) is 11.4 Å². The van der Waals surface area contributed by atoms with Crippen molar-refractivity contribution in [1.82, 2.24) is 20.2 Å². The van der Waals surface area contributed by atoms with Gasteiger partial charge in [-0.1, -0.05) is 47.1 Å². The molecule has 1 aliphatic heterocycles. The average Bonchev–Trinajstić information content (AvgIpc) is 3.33. The molecular weight excluding hydrogens is 459 g/mol. The molecule has 0 aliphatic carbocycles. The number of ether oxygens (including phenoxy) is 1. The second-order valence-corrected chi connectivity index (χ2v) is 8.77. The molecule has 1 atom stereocenters. The lowest BCUT2D eigenvalue weighted by Crippen LogP contribution is -2.31. The maximum absolute atomic E-state index is 13.5. The summed E-state index contributed by atoms with van der Waals surface area (Å²) in [6.07, 6.45) is 0. The number of carbonyl (C=O) groups is 1. The first-order valence-corrected chi connectivity index (χ1v) is 11.5. The lowest BCUT2D eigenvalue weighted by atomic mass is 9.94. The monoisotopic (exact) mass is 484 g/mol. The summed E-state index contributed by atoms with van der Waals surface area (Å²) in [5, 5.41) is 18.2. The van der Waals surface area contributed by atoms with E-state index in [0.717, 1.165) is 27.9 Å². The number of hydrogen-bond acceptors (Lipinski definition) is 6. The first-order chi connectivity index (χ1) is 17.4. The van der Waals surface area contributed by atoms with Crippen LogP contribution in [0.2, 0.25) is 0 Å². The summed E-state index contributed by atoms with van der Waals surface area (Å²) in [6.45, 7) is 6.12. The SMILES string of the molecule is CC1=C(C(=O)Nc2ccc(C)cc2C)C(c2ccc(OCc3ccc(F)cc3)cc2)n2nnnc2N1. The Morgan fingerprint density at radius 1 is 1.06 bits per heavy atom. The van der Waals surface area contributed by atoms with Crippen LogP contribution < -0.4 is 15.4 Å². The van der Waals surface area contributed by atoms with Gasteiger partial charge < -0.3 is 15.4 Å². The Morgan fingerprint density at radius 3 is 2.53 bits per heavy atom. The summed E-state index contributed by atoms with van der Waals surface area (Å²) in [5.41, 5.74) is 5.71. The van der Waals surface area contributed by atoms with Crippen molar-refractivity contribution in [1.29, 1.82) is 0 Å². The van der Waals surface area contributed by atoms with Gasteiger partial charge in [0.25, 0.3) is 5.91 Å². The van der Waals surface area contributed by atoms with Crippen LogP contribution in [0.3, 0.4) is 0 Å². The normalized spacial score (nSPS) is 14.7. The number of amides is 1. The molecule has 0 radical (unpaired) electrons. The molecule has 0 spiro atoms. The van der Waals surface area contributed by atoms with Gasteiger partial charge in [-0.05, 0) is 78.2 Å². The van der Waals surface area contributed by atoms with Gasteiger partial charge in [-0.25, -0.2) is 4.39 Å². The molecule has 2 heterocycles. The summed E-state index contributed by atoms with van der Waals surface area (Å²) >= 11 is 0. The van der Waals surface area contributed by atoms with Gasteiger partial charge in [0.05, 0.1) is 5.57 Å². The maximum atomic E-state index is 13.5. The number of tetrazole rings is 1. The van der Waals surface area contributed by atoms with Crippen molar-refractivity contribution < 1.29 is 13.9 Å². The minimum atomic E-state index is -0.534. The fourth-order valence-electron chi connectivity index (χ4n) is 4.25. The van der Waals surface area contributed by atoms with E-state index in [0.29, 0.717) is 29.6 Å². The maximum Gasteiger partial charge on any atom is 0.255 e. The predicted octanol–water partition coefficient (Wildman–Crippen LogP) is 4.94. The first kappa shape index (κ1) is 23.2. The van der Waals surface area contributed by atoms with E-state index in [1.54, 1.807) is 16.8 Å². The third-order valence-corrected chi connectivity index (χ3v) is 6.10. The molecule has 4 aromatic rings. The minimum absolute atomic E-state index is 0.241. The molecule has 3 aromatic carbocycles. The molecule has 0 fully saturated rings. The Labute approximate surface area is 207 Å². The van der Waals surface area contributed by atoms with Gasteiger partial charge in [-0.3, -0.25) is 4.79 Å². The second kappa shape index (κ2) is 9.61. The molecule has 1 amide bonds. The van der Waals surface area contributed by atoms with E-state index in [1.807, 2.05) is 63.2 Å². The van der Waals surface area contributed by atoms with Crippen molar-refractivity contribution in [3.63, 3.8) is 0 Å².